The maximum Gasteiger partial charge on any atom is 0.255 e. The topological polar surface area (TPSA) is 69.6 Å². The van der Waals surface area contributed by atoms with Crippen LogP contribution in [0.5, 0.6) is 11.5 Å². The van der Waals surface area contributed by atoms with E-state index in [4.69, 9.17) is 0 Å². The molecule has 0 fully saturated rings. The number of hydrogen-bond acceptors (Lipinski definition) is 3. The Balaban J connectivity index is 2.23. The number of carbonyl (C=O) groups excluding carboxylic acids is 1. The van der Waals surface area contributed by atoms with Gasteiger partial charge in [0.05, 0.1) is 0 Å². The Hall–Kier alpha value is -2.01. The monoisotopic (exact) mass is 321 g/mol. The number of hydrogen-bond donors (Lipinski definition) is 3. The molecule has 98 valence electrons. The molecule has 0 aliphatic carbocycles. The minimum Gasteiger partial charge on any atom is -0.504 e. The largest absolute Gasteiger partial charge is 0.504 e. The summed E-state index contributed by atoms with van der Waals surface area (Å²) in [6.07, 6.45) is 0. The van der Waals surface area contributed by atoms with E-state index in [1.54, 1.807) is 6.07 Å². The van der Waals surface area contributed by atoms with Crippen molar-refractivity contribution in [3.05, 3.63) is 52.0 Å². The first-order valence-electron chi connectivity index (χ1n) is 5.57. The summed E-state index contributed by atoms with van der Waals surface area (Å²) >= 11 is 3.35. The minimum absolute atomic E-state index is 0.253. The van der Waals surface area contributed by atoms with Crippen molar-refractivity contribution in [3.8, 4) is 11.5 Å². The van der Waals surface area contributed by atoms with E-state index in [9.17, 15) is 15.0 Å². The summed E-state index contributed by atoms with van der Waals surface area (Å²) in [4.78, 5) is 12.0. The number of benzene rings is 2. The van der Waals surface area contributed by atoms with Crippen molar-refractivity contribution < 1.29 is 15.0 Å². The molecule has 1 amide bonds. The predicted octanol–water partition coefficient (Wildman–Crippen LogP) is 3.42. The number of rotatable bonds is 2. The second-order valence-corrected chi connectivity index (χ2v) is 5.03. The zero-order chi connectivity index (χ0) is 14.0. The standard InChI is InChI=1S/C14H12BrNO3/c1-8-6-10(15)3-4-11(8)16-14(19)9-2-5-12(17)13(18)7-9/h2-7,17-18H,1H3,(H,16,19). The van der Waals surface area contributed by atoms with Crippen molar-refractivity contribution in [1.82, 2.24) is 0 Å². The minimum atomic E-state index is -0.347. The Labute approximate surface area is 118 Å². The third-order valence-corrected chi connectivity index (χ3v) is 3.17. The van der Waals surface area contributed by atoms with Gasteiger partial charge in [0.15, 0.2) is 11.5 Å². The number of carbonyl (C=O) groups is 1. The van der Waals surface area contributed by atoms with Crippen LogP contribution < -0.4 is 5.32 Å². The lowest BCUT2D eigenvalue weighted by Crippen LogP contribution is -2.12. The first kappa shape index (κ1) is 13.4. The van der Waals surface area contributed by atoms with Gasteiger partial charge < -0.3 is 15.5 Å². The first-order valence-corrected chi connectivity index (χ1v) is 6.36. The van der Waals surface area contributed by atoms with Gasteiger partial charge in [0.2, 0.25) is 0 Å². The van der Waals surface area contributed by atoms with E-state index < -0.39 is 0 Å². The van der Waals surface area contributed by atoms with E-state index in [0.717, 1.165) is 10.0 Å². The number of nitrogens with one attached hydrogen (secondary N) is 1. The van der Waals surface area contributed by atoms with Gasteiger partial charge in [-0.25, -0.2) is 0 Å². The van der Waals surface area contributed by atoms with Crippen molar-refractivity contribution in [2.45, 2.75) is 6.92 Å². The van der Waals surface area contributed by atoms with Gasteiger partial charge in [0.1, 0.15) is 0 Å². The van der Waals surface area contributed by atoms with Gasteiger partial charge in [-0.2, -0.15) is 0 Å². The molecule has 4 nitrogen and oxygen atoms in total. The molecule has 0 bridgehead atoms. The van der Waals surface area contributed by atoms with E-state index in [-0.39, 0.29) is 23.0 Å². The molecular weight excluding hydrogens is 310 g/mol. The third kappa shape index (κ3) is 3.06. The van der Waals surface area contributed by atoms with Gasteiger partial charge in [0.25, 0.3) is 5.91 Å². The lowest BCUT2D eigenvalue weighted by molar-refractivity contribution is 0.102. The molecule has 0 radical (unpaired) electrons. The Morgan fingerprint density at radius 1 is 1.11 bits per heavy atom. The normalized spacial score (nSPS) is 10.2. The van der Waals surface area contributed by atoms with Crippen LogP contribution in [0.3, 0.4) is 0 Å². The fourth-order valence-corrected chi connectivity index (χ4v) is 2.10. The number of phenols is 2. The molecule has 0 saturated carbocycles. The molecule has 0 aliphatic heterocycles. The van der Waals surface area contributed by atoms with E-state index in [1.807, 2.05) is 19.1 Å². The Morgan fingerprint density at radius 2 is 1.84 bits per heavy atom. The maximum atomic E-state index is 12.0. The van der Waals surface area contributed by atoms with Crippen LogP contribution in [0, 0.1) is 6.92 Å². The summed E-state index contributed by atoms with van der Waals surface area (Å²) in [5, 5.41) is 21.3. The molecule has 0 saturated heterocycles. The summed E-state index contributed by atoms with van der Waals surface area (Å²) in [5.74, 6) is -0.919. The van der Waals surface area contributed by atoms with Gasteiger partial charge in [-0.1, -0.05) is 15.9 Å². The van der Waals surface area contributed by atoms with Gasteiger partial charge in [-0.3, -0.25) is 4.79 Å². The van der Waals surface area contributed by atoms with Crippen LogP contribution in [0.1, 0.15) is 15.9 Å². The smallest absolute Gasteiger partial charge is 0.255 e. The van der Waals surface area contributed by atoms with Crippen molar-refractivity contribution >= 4 is 27.5 Å². The van der Waals surface area contributed by atoms with Gasteiger partial charge in [-0.05, 0) is 48.9 Å². The van der Waals surface area contributed by atoms with Crippen LogP contribution in [0.2, 0.25) is 0 Å². The summed E-state index contributed by atoms with van der Waals surface area (Å²) in [6, 6.07) is 9.45. The van der Waals surface area contributed by atoms with Crippen LogP contribution in [0.4, 0.5) is 5.69 Å². The molecule has 2 rings (SSSR count). The van der Waals surface area contributed by atoms with Crippen LogP contribution in [0.15, 0.2) is 40.9 Å². The summed E-state index contributed by atoms with van der Waals surface area (Å²) < 4.78 is 0.935. The number of phenolic OH excluding ortho intramolecular Hbond substituents is 2. The van der Waals surface area contributed by atoms with Gasteiger partial charge in [-0.15, -0.1) is 0 Å². The number of aromatic hydroxyl groups is 2. The molecule has 0 unspecified atom stereocenters. The van der Waals surface area contributed by atoms with Crippen LogP contribution in [-0.4, -0.2) is 16.1 Å². The Kier molecular flexibility index (Phi) is 3.76. The number of anilines is 1. The molecule has 5 heteroatoms. The SMILES string of the molecule is Cc1cc(Br)ccc1NC(=O)c1ccc(O)c(O)c1. The zero-order valence-electron chi connectivity index (χ0n) is 10.1. The molecule has 19 heavy (non-hydrogen) atoms. The van der Waals surface area contributed by atoms with E-state index in [0.29, 0.717) is 5.69 Å². The van der Waals surface area contributed by atoms with Crippen LogP contribution >= 0.6 is 15.9 Å². The Morgan fingerprint density at radius 3 is 2.47 bits per heavy atom. The van der Waals surface area contributed by atoms with Crippen LogP contribution in [0.25, 0.3) is 0 Å². The van der Waals surface area contributed by atoms with Gasteiger partial charge in [0, 0.05) is 15.7 Å². The lowest BCUT2D eigenvalue weighted by Gasteiger charge is -2.09. The Bertz CT molecular complexity index is 641. The molecule has 3 N–H and O–H groups in total. The van der Waals surface area contributed by atoms with Crippen molar-refractivity contribution in [2.75, 3.05) is 5.32 Å². The van der Waals surface area contributed by atoms with Crippen molar-refractivity contribution in [2.24, 2.45) is 0 Å². The molecule has 0 atom stereocenters. The fraction of sp³-hybridized carbons (Fsp3) is 0.0714. The summed E-state index contributed by atoms with van der Waals surface area (Å²) in [5.41, 5.74) is 1.89. The maximum absolute atomic E-state index is 12.0. The second-order valence-electron chi connectivity index (χ2n) is 4.12. The number of halogens is 1. The predicted molar refractivity (Wildman–Crippen MR) is 76.6 cm³/mol. The first-order chi connectivity index (χ1) is 8.97. The molecule has 2 aromatic carbocycles. The molecule has 0 heterocycles. The van der Waals surface area contributed by atoms with Gasteiger partial charge >= 0.3 is 0 Å². The molecule has 2 aromatic rings. The summed E-state index contributed by atoms with van der Waals surface area (Å²) in [7, 11) is 0. The number of amides is 1. The second kappa shape index (κ2) is 5.32. The fourth-order valence-electron chi connectivity index (χ4n) is 1.63. The highest BCUT2D eigenvalue weighted by Crippen LogP contribution is 2.26. The van der Waals surface area contributed by atoms with E-state index in [1.165, 1.54) is 18.2 Å². The average Bonchev–Trinajstić information content (AvgIpc) is 2.36. The molecular formula is C14H12BrNO3. The van der Waals surface area contributed by atoms with E-state index in [2.05, 4.69) is 21.2 Å². The van der Waals surface area contributed by atoms with Crippen LogP contribution in [-0.2, 0) is 0 Å². The highest BCUT2D eigenvalue weighted by Gasteiger charge is 2.10. The van der Waals surface area contributed by atoms with Crippen molar-refractivity contribution in [1.29, 1.82) is 0 Å². The third-order valence-electron chi connectivity index (χ3n) is 2.67. The average molecular weight is 322 g/mol. The number of aryl methyl sites for hydroxylation is 1. The molecule has 0 spiro atoms. The van der Waals surface area contributed by atoms with Crippen molar-refractivity contribution in [3.63, 3.8) is 0 Å². The lowest BCUT2D eigenvalue weighted by atomic mass is 10.1. The highest BCUT2D eigenvalue weighted by molar-refractivity contribution is 9.10. The quantitative estimate of drug-likeness (QED) is 0.742. The molecule has 0 aliphatic rings. The highest BCUT2D eigenvalue weighted by atomic mass is 79.9. The molecule has 0 aromatic heterocycles. The van der Waals surface area contributed by atoms with E-state index >= 15 is 0 Å². The summed E-state index contributed by atoms with van der Waals surface area (Å²) in [6.45, 7) is 1.88. The zero-order valence-corrected chi connectivity index (χ0v) is 11.7.